The van der Waals surface area contributed by atoms with Crippen LogP contribution in [0.1, 0.15) is 18.7 Å². The maximum absolute atomic E-state index is 4.36. The third kappa shape index (κ3) is 2.93. The van der Waals surface area contributed by atoms with Crippen molar-refractivity contribution in [1.29, 1.82) is 0 Å². The number of hydrogen-bond donors (Lipinski definition) is 3. The third-order valence-corrected chi connectivity index (χ3v) is 3.43. The van der Waals surface area contributed by atoms with Crippen LogP contribution in [0.25, 0.3) is 11.4 Å². The van der Waals surface area contributed by atoms with E-state index in [0.29, 0.717) is 6.04 Å². The van der Waals surface area contributed by atoms with Crippen LogP contribution in [0.15, 0.2) is 24.3 Å². The summed E-state index contributed by atoms with van der Waals surface area (Å²) in [5.41, 5.74) is 2.19. The molecule has 1 aromatic heterocycles. The van der Waals surface area contributed by atoms with Gasteiger partial charge in [0.05, 0.1) is 0 Å². The molecule has 0 atom stereocenters. The minimum absolute atomic E-state index is 0.561. The molecule has 3 rings (SSSR count). The first-order valence-electron chi connectivity index (χ1n) is 6.78. The van der Waals surface area contributed by atoms with Gasteiger partial charge in [-0.05, 0) is 45.0 Å². The fourth-order valence-corrected chi connectivity index (χ4v) is 2.42. The number of benzene rings is 1. The summed E-state index contributed by atoms with van der Waals surface area (Å²) in [4.78, 5) is 4.36. The quantitative estimate of drug-likeness (QED) is 0.786. The molecular weight excluding hydrogens is 238 g/mol. The Balaban J connectivity index is 1.75. The van der Waals surface area contributed by atoms with E-state index < -0.39 is 0 Å². The summed E-state index contributed by atoms with van der Waals surface area (Å²) in [6, 6.07) is 8.86. The molecule has 0 saturated carbocycles. The van der Waals surface area contributed by atoms with Gasteiger partial charge in [0.15, 0.2) is 5.82 Å². The highest BCUT2D eigenvalue weighted by molar-refractivity contribution is 5.62. The predicted octanol–water partition coefficient (Wildman–Crippen LogP) is 1.94. The van der Waals surface area contributed by atoms with E-state index >= 15 is 0 Å². The summed E-state index contributed by atoms with van der Waals surface area (Å²) in [6.45, 7) is 4.10. The molecule has 0 amide bonds. The van der Waals surface area contributed by atoms with Gasteiger partial charge in [0.1, 0.15) is 5.82 Å². The number of aryl methyl sites for hydroxylation is 1. The number of H-pyrrole nitrogens is 1. The highest BCUT2D eigenvalue weighted by Crippen LogP contribution is 2.21. The first-order valence-corrected chi connectivity index (χ1v) is 6.78. The van der Waals surface area contributed by atoms with E-state index in [1.165, 1.54) is 12.8 Å². The molecule has 1 aliphatic heterocycles. The highest BCUT2D eigenvalue weighted by Gasteiger charge is 2.13. The molecule has 1 saturated heterocycles. The van der Waals surface area contributed by atoms with E-state index in [9.17, 15) is 0 Å². The zero-order chi connectivity index (χ0) is 13.1. The van der Waals surface area contributed by atoms with E-state index in [0.717, 1.165) is 36.0 Å². The topological polar surface area (TPSA) is 65.6 Å². The Morgan fingerprint density at radius 2 is 2.11 bits per heavy atom. The lowest BCUT2D eigenvalue weighted by Gasteiger charge is -2.24. The number of nitrogens with one attached hydrogen (secondary N) is 3. The van der Waals surface area contributed by atoms with E-state index in [-0.39, 0.29) is 0 Å². The molecule has 5 heteroatoms. The first kappa shape index (κ1) is 12.2. The molecule has 2 aromatic rings. The molecule has 0 aliphatic carbocycles. The van der Waals surface area contributed by atoms with Crippen molar-refractivity contribution < 1.29 is 0 Å². The molecule has 1 fully saturated rings. The van der Waals surface area contributed by atoms with Crippen molar-refractivity contribution in [2.75, 3.05) is 18.4 Å². The summed E-state index contributed by atoms with van der Waals surface area (Å²) in [5, 5.41) is 14.0. The van der Waals surface area contributed by atoms with Crippen LogP contribution in [0.3, 0.4) is 0 Å². The number of hydrogen-bond acceptors (Lipinski definition) is 4. The van der Waals surface area contributed by atoms with Gasteiger partial charge in [-0.1, -0.05) is 12.1 Å². The van der Waals surface area contributed by atoms with Crippen LogP contribution in [0.4, 0.5) is 5.69 Å². The van der Waals surface area contributed by atoms with Gasteiger partial charge in [0.25, 0.3) is 0 Å². The largest absolute Gasteiger partial charge is 0.382 e. The SMILES string of the molecule is Cc1nc(-c2cccc(NC3CCNCC3)c2)n[nH]1. The van der Waals surface area contributed by atoms with Crippen LogP contribution in [-0.4, -0.2) is 34.3 Å². The second-order valence-electron chi connectivity index (χ2n) is 4.99. The molecule has 2 heterocycles. The van der Waals surface area contributed by atoms with Crippen LogP contribution in [-0.2, 0) is 0 Å². The first-order chi connectivity index (χ1) is 9.31. The van der Waals surface area contributed by atoms with E-state index in [2.05, 4.69) is 37.9 Å². The van der Waals surface area contributed by atoms with Gasteiger partial charge in [-0.15, -0.1) is 0 Å². The van der Waals surface area contributed by atoms with Crippen LogP contribution in [0, 0.1) is 6.92 Å². The smallest absolute Gasteiger partial charge is 0.181 e. The normalized spacial score (nSPS) is 16.5. The maximum atomic E-state index is 4.36. The van der Waals surface area contributed by atoms with Gasteiger partial charge in [-0.25, -0.2) is 4.98 Å². The van der Waals surface area contributed by atoms with Gasteiger partial charge in [0, 0.05) is 17.3 Å². The molecule has 0 radical (unpaired) electrons. The Bertz CT molecular complexity index is 542. The minimum Gasteiger partial charge on any atom is -0.382 e. The number of anilines is 1. The number of rotatable bonds is 3. The molecular formula is C14H19N5. The average Bonchev–Trinajstić information content (AvgIpc) is 2.87. The Labute approximate surface area is 112 Å². The van der Waals surface area contributed by atoms with Crippen LogP contribution < -0.4 is 10.6 Å². The molecule has 19 heavy (non-hydrogen) atoms. The Hall–Kier alpha value is -1.88. The van der Waals surface area contributed by atoms with Crippen LogP contribution in [0.5, 0.6) is 0 Å². The van der Waals surface area contributed by atoms with E-state index in [1.807, 2.05) is 19.1 Å². The molecule has 0 unspecified atom stereocenters. The molecule has 5 nitrogen and oxygen atoms in total. The molecule has 100 valence electrons. The lowest BCUT2D eigenvalue weighted by atomic mass is 10.1. The van der Waals surface area contributed by atoms with Crippen molar-refractivity contribution in [3.8, 4) is 11.4 Å². The van der Waals surface area contributed by atoms with Crippen molar-refractivity contribution in [1.82, 2.24) is 20.5 Å². The predicted molar refractivity (Wildman–Crippen MR) is 76.1 cm³/mol. The van der Waals surface area contributed by atoms with E-state index in [1.54, 1.807) is 0 Å². The van der Waals surface area contributed by atoms with Gasteiger partial charge in [-0.3, -0.25) is 5.10 Å². The molecule has 0 bridgehead atoms. The second kappa shape index (κ2) is 5.40. The summed E-state index contributed by atoms with van der Waals surface area (Å²) < 4.78 is 0. The van der Waals surface area contributed by atoms with Crippen molar-refractivity contribution in [3.05, 3.63) is 30.1 Å². The van der Waals surface area contributed by atoms with Crippen molar-refractivity contribution >= 4 is 5.69 Å². The fourth-order valence-electron chi connectivity index (χ4n) is 2.42. The van der Waals surface area contributed by atoms with Crippen LogP contribution >= 0.6 is 0 Å². The lowest BCUT2D eigenvalue weighted by molar-refractivity contribution is 0.479. The van der Waals surface area contributed by atoms with Crippen molar-refractivity contribution in [3.63, 3.8) is 0 Å². The summed E-state index contributed by atoms with van der Waals surface area (Å²) in [7, 11) is 0. The van der Waals surface area contributed by atoms with Crippen molar-refractivity contribution in [2.24, 2.45) is 0 Å². The Morgan fingerprint density at radius 1 is 1.26 bits per heavy atom. The number of aromatic nitrogens is 3. The summed E-state index contributed by atoms with van der Waals surface area (Å²) >= 11 is 0. The highest BCUT2D eigenvalue weighted by atomic mass is 15.2. The van der Waals surface area contributed by atoms with E-state index in [4.69, 9.17) is 0 Å². The molecule has 1 aromatic carbocycles. The van der Waals surface area contributed by atoms with Gasteiger partial charge >= 0.3 is 0 Å². The fraction of sp³-hybridized carbons (Fsp3) is 0.429. The standard InChI is InChI=1S/C14H19N5/c1-10-16-14(19-18-10)11-3-2-4-13(9-11)17-12-5-7-15-8-6-12/h2-4,9,12,15,17H,5-8H2,1H3,(H,16,18,19). The third-order valence-electron chi connectivity index (χ3n) is 3.43. The number of nitrogens with zero attached hydrogens (tertiary/aromatic N) is 2. The Kier molecular flexibility index (Phi) is 3.46. The zero-order valence-electron chi connectivity index (χ0n) is 11.1. The molecule has 3 N–H and O–H groups in total. The average molecular weight is 257 g/mol. The summed E-state index contributed by atoms with van der Waals surface area (Å²) in [5.74, 6) is 1.60. The lowest BCUT2D eigenvalue weighted by Crippen LogP contribution is -2.35. The van der Waals surface area contributed by atoms with Gasteiger partial charge < -0.3 is 10.6 Å². The summed E-state index contributed by atoms with van der Waals surface area (Å²) in [6.07, 6.45) is 2.34. The monoisotopic (exact) mass is 257 g/mol. The number of aromatic amines is 1. The second-order valence-corrected chi connectivity index (χ2v) is 4.99. The van der Waals surface area contributed by atoms with Crippen molar-refractivity contribution in [2.45, 2.75) is 25.8 Å². The van der Waals surface area contributed by atoms with Gasteiger partial charge in [-0.2, -0.15) is 5.10 Å². The Morgan fingerprint density at radius 3 is 2.84 bits per heavy atom. The maximum Gasteiger partial charge on any atom is 0.181 e. The minimum atomic E-state index is 0.561. The molecule has 1 aliphatic rings. The molecule has 0 spiro atoms. The van der Waals surface area contributed by atoms with Crippen LogP contribution in [0.2, 0.25) is 0 Å². The zero-order valence-corrected chi connectivity index (χ0v) is 11.1. The van der Waals surface area contributed by atoms with Gasteiger partial charge in [0.2, 0.25) is 0 Å². The number of piperidine rings is 1.